The molecule has 2 fully saturated rings. The molecule has 1 aliphatic heterocycles. The van der Waals surface area contributed by atoms with Gasteiger partial charge in [-0.3, -0.25) is 4.40 Å². The van der Waals surface area contributed by atoms with E-state index in [9.17, 15) is 4.39 Å². The minimum atomic E-state index is -1.05. The minimum Gasteiger partial charge on any atom is -0.370 e. The monoisotopic (exact) mass is 467 g/mol. The first kappa shape index (κ1) is 19.5. The molecule has 0 amide bonds. The van der Waals surface area contributed by atoms with Crippen LogP contribution in [0.2, 0.25) is 0 Å². The van der Waals surface area contributed by atoms with Crippen LogP contribution in [0.5, 0.6) is 0 Å². The van der Waals surface area contributed by atoms with E-state index >= 15 is 0 Å². The predicted molar refractivity (Wildman–Crippen MR) is 117 cm³/mol. The van der Waals surface area contributed by atoms with Crippen LogP contribution in [0.1, 0.15) is 49.1 Å². The van der Waals surface area contributed by atoms with Crippen molar-refractivity contribution in [1.82, 2.24) is 14.6 Å². The number of halogens is 2. The van der Waals surface area contributed by atoms with Crippen molar-refractivity contribution >= 4 is 27.3 Å². The first-order valence-corrected chi connectivity index (χ1v) is 11.2. The molecule has 154 valence electrons. The highest BCUT2D eigenvalue weighted by molar-refractivity contribution is 9.10. The second kappa shape index (κ2) is 7.35. The second-order valence-electron chi connectivity index (χ2n) is 8.70. The van der Waals surface area contributed by atoms with Gasteiger partial charge in [-0.15, -0.1) is 10.2 Å². The number of benzene rings is 1. The molecule has 1 saturated heterocycles. The summed E-state index contributed by atoms with van der Waals surface area (Å²) in [6, 6.07) is 12.3. The molecule has 0 radical (unpaired) electrons. The SMILES string of the molecule is CC1(F)CC1Cc1nnc2c(Br)c(N3CCC(c4ccc(C#N)cc4)CC3)ccn12. The van der Waals surface area contributed by atoms with Gasteiger partial charge >= 0.3 is 0 Å². The summed E-state index contributed by atoms with van der Waals surface area (Å²) in [5, 5.41) is 17.7. The van der Waals surface area contributed by atoms with Crippen molar-refractivity contribution in [1.29, 1.82) is 5.26 Å². The Morgan fingerprint density at radius 1 is 1.20 bits per heavy atom. The molecule has 3 heterocycles. The Hall–Kier alpha value is -2.46. The molecule has 3 aromatic rings. The molecule has 2 unspecified atom stereocenters. The van der Waals surface area contributed by atoms with Crippen molar-refractivity contribution in [3.63, 3.8) is 0 Å². The molecule has 2 aromatic heterocycles. The second-order valence-corrected chi connectivity index (χ2v) is 9.50. The van der Waals surface area contributed by atoms with Crippen molar-refractivity contribution in [3.05, 3.63) is 58.0 Å². The molecule has 2 atom stereocenters. The van der Waals surface area contributed by atoms with Crippen molar-refractivity contribution < 1.29 is 4.39 Å². The minimum absolute atomic E-state index is 0.0459. The predicted octanol–water partition coefficient (Wildman–Crippen LogP) is 5.04. The third kappa shape index (κ3) is 3.47. The maximum Gasteiger partial charge on any atom is 0.177 e. The van der Waals surface area contributed by atoms with Crippen LogP contribution in [0.15, 0.2) is 41.0 Å². The molecule has 2 aliphatic rings. The summed E-state index contributed by atoms with van der Waals surface area (Å²) in [5.41, 5.74) is 2.88. The van der Waals surface area contributed by atoms with E-state index in [1.54, 1.807) is 6.92 Å². The fourth-order valence-electron chi connectivity index (χ4n) is 4.56. The molecule has 1 aliphatic carbocycles. The number of hydrogen-bond donors (Lipinski definition) is 0. The molecular weight excluding hydrogens is 445 g/mol. The van der Waals surface area contributed by atoms with Crippen LogP contribution in [0.3, 0.4) is 0 Å². The van der Waals surface area contributed by atoms with E-state index < -0.39 is 5.67 Å². The Morgan fingerprint density at radius 2 is 1.90 bits per heavy atom. The lowest BCUT2D eigenvalue weighted by Gasteiger charge is -2.34. The topological polar surface area (TPSA) is 57.2 Å². The van der Waals surface area contributed by atoms with E-state index in [4.69, 9.17) is 5.26 Å². The maximum atomic E-state index is 13.9. The van der Waals surface area contributed by atoms with Crippen LogP contribution in [0.4, 0.5) is 10.1 Å². The van der Waals surface area contributed by atoms with Crippen LogP contribution in [-0.4, -0.2) is 33.4 Å². The summed E-state index contributed by atoms with van der Waals surface area (Å²) >= 11 is 3.74. The number of alkyl halides is 1. The van der Waals surface area contributed by atoms with Crippen molar-refractivity contribution in [3.8, 4) is 6.07 Å². The fourth-order valence-corrected chi connectivity index (χ4v) is 5.21. The first-order chi connectivity index (χ1) is 14.5. The maximum absolute atomic E-state index is 13.9. The van der Waals surface area contributed by atoms with Gasteiger partial charge in [0, 0.05) is 31.6 Å². The highest BCUT2D eigenvalue weighted by Gasteiger charge is 2.51. The molecule has 30 heavy (non-hydrogen) atoms. The molecule has 0 spiro atoms. The largest absolute Gasteiger partial charge is 0.370 e. The molecule has 1 saturated carbocycles. The number of rotatable bonds is 4. The Balaban J connectivity index is 1.31. The van der Waals surface area contributed by atoms with Crippen LogP contribution in [0.25, 0.3) is 5.65 Å². The summed E-state index contributed by atoms with van der Waals surface area (Å²) in [5.74, 6) is 1.39. The lowest BCUT2D eigenvalue weighted by atomic mass is 9.89. The van der Waals surface area contributed by atoms with Gasteiger partial charge in [-0.25, -0.2) is 4.39 Å². The van der Waals surface area contributed by atoms with Gasteiger partial charge in [-0.2, -0.15) is 5.26 Å². The van der Waals surface area contributed by atoms with Gasteiger partial charge in [0.05, 0.1) is 21.8 Å². The van der Waals surface area contributed by atoms with Gasteiger partial charge in [-0.1, -0.05) is 12.1 Å². The molecule has 1 aromatic carbocycles. The number of nitriles is 1. The summed E-state index contributed by atoms with van der Waals surface area (Å²) in [6.45, 7) is 3.59. The van der Waals surface area contributed by atoms with E-state index in [1.165, 1.54) is 5.56 Å². The number of nitrogens with zero attached hydrogens (tertiary/aromatic N) is 5. The summed E-state index contributed by atoms with van der Waals surface area (Å²) < 4.78 is 16.9. The Bertz CT molecular complexity index is 1120. The van der Waals surface area contributed by atoms with Gasteiger partial charge in [0.2, 0.25) is 0 Å². The molecule has 7 heteroatoms. The Morgan fingerprint density at radius 3 is 2.53 bits per heavy atom. The molecular formula is C23H23BrFN5. The van der Waals surface area contributed by atoms with E-state index in [2.05, 4.69) is 55.3 Å². The molecule has 5 rings (SSSR count). The number of hydrogen-bond acceptors (Lipinski definition) is 4. The average Bonchev–Trinajstić information content (AvgIpc) is 3.16. The van der Waals surface area contributed by atoms with Crippen molar-refractivity contribution in [2.75, 3.05) is 18.0 Å². The average molecular weight is 468 g/mol. The van der Waals surface area contributed by atoms with Crippen LogP contribution in [-0.2, 0) is 6.42 Å². The highest BCUT2D eigenvalue weighted by Crippen LogP contribution is 2.48. The number of anilines is 1. The van der Waals surface area contributed by atoms with Crippen molar-refractivity contribution in [2.45, 2.75) is 44.2 Å². The smallest absolute Gasteiger partial charge is 0.177 e. The van der Waals surface area contributed by atoms with Gasteiger partial charge < -0.3 is 4.90 Å². The summed E-state index contributed by atoms with van der Waals surface area (Å²) in [7, 11) is 0. The van der Waals surface area contributed by atoms with Crippen LogP contribution < -0.4 is 4.90 Å². The van der Waals surface area contributed by atoms with E-state index in [1.807, 2.05) is 22.7 Å². The summed E-state index contributed by atoms with van der Waals surface area (Å²) in [6.07, 6.45) is 5.37. The Kier molecular flexibility index (Phi) is 4.78. The number of pyridine rings is 1. The van der Waals surface area contributed by atoms with E-state index in [-0.39, 0.29) is 5.92 Å². The van der Waals surface area contributed by atoms with E-state index in [0.29, 0.717) is 24.3 Å². The fraction of sp³-hybridized carbons (Fsp3) is 0.435. The van der Waals surface area contributed by atoms with Gasteiger partial charge in [0.15, 0.2) is 5.65 Å². The third-order valence-corrected chi connectivity index (χ3v) is 7.44. The van der Waals surface area contributed by atoms with Gasteiger partial charge in [0.25, 0.3) is 0 Å². The zero-order valence-corrected chi connectivity index (χ0v) is 18.4. The van der Waals surface area contributed by atoms with Gasteiger partial charge in [0.1, 0.15) is 11.5 Å². The number of fused-ring (bicyclic) bond motifs is 1. The summed E-state index contributed by atoms with van der Waals surface area (Å²) in [4.78, 5) is 2.39. The van der Waals surface area contributed by atoms with E-state index in [0.717, 1.165) is 47.6 Å². The standard InChI is InChI=1S/C23H23BrFN5/c1-23(25)13-18(23)12-20-27-28-22-21(24)19(8-11-30(20)22)29-9-6-17(7-10-29)16-4-2-15(14-26)3-5-16/h2-5,8,11,17-18H,6-7,9-10,12-13H2,1H3. The van der Waals surface area contributed by atoms with Crippen LogP contribution in [0, 0.1) is 17.2 Å². The van der Waals surface area contributed by atoms with Crippen molar-refractivity contribution in [2.24, 2.45) is 5.92 Å². The molecule has 0 bridgehead atoms. The molecule has 5 nitrogen and oxygen atoms in total. The molecule has 0 N–H and O–H groups in total. The zero-order valence-electron chi connectivity index (χ0n) is 16.9. The van der Waals surface area contributed by atoms with Gasteiger partial charge in [-0.05, 0) is 71.8 Å². The Labute approximate surface area is 183 Å². The highest BCUT2D eigenvalue weighted by atomic mass is 79.9. The first-order valence-electron chi connectivity index (χ1n) is 10.4. The number of aromatic nitrogens is 3. The lowest BCUT2D eigenvalue weighted by molar-refractivity contribution is 0.307. The quantitative estimate of drug-likeness (QED) is 0.539. The zero-order chi connectivity index (χ0) is 20.9. The third-order valence-electron chi connectivity index (χ3n) is 6.68. The lowest BCUT2D eigenvalue weighted by Crippen LogP contribution is -2.33. The number of piperidine rings is 1. The normalized spacial score (nSPS) is 24.2. The van der Waals surface area contributed by atoms with Crippen LogP contribution >= 0.6 is 15.9 Å².